The van der Waals surface area contributed by atoms with Crippen molar-refractivity contribution < 1.29 is 27.6 Å². The van der Waals surface area contributed by atoms with Crippen LogP contribution in [0.2, 0.25) is 0 Å². The number of nitro groups is 1. The van der Waals surface area contributed by atoms with E-state index in [0.717, 1.165) is 6.07 Å². The van der Waals surface area contributed by atoms with Crippen LogP contribution < -0.4 is 19.7 Å². The predicted molar refractivity (Wildman–Crippen MR) is 104 cm³/mol. The molecule has 156 valence electrons. The van der Waals surface area contributed by atoms with Gasteiger partial charge in [-0.2, -0.15) is 0 Å². The van der Waals surface area contributed by atoms with Gasteiger partial charge >= 0.3 is 0 Å². The number of nitro benzene ring substituents is 1. The molecule has 1 atom stereocenters. The Bertz CT molecular complexity index is 991. The van der Waals surface area contributed by atoms with Gasteiger partial charge in [0, 0.05) is 11.6 Å². The van der Waals surface area contributed by atoms with E-state index in [1.54, 1.807) is 24.3 Å². The highest BCUT2D eigenvalue weighted by Crippen LogP contribution is 2.22. The number of hydrogen-bond donors (Lipinski definition) is 2. The van der Waals surface area contributed by atoms with E-state index in [4.69, 9.17) is 9.47 Å². The van der Waals surface area contributed by atoms with Gasteiger partial charge in [0.25, 0.3) is 21.6 Å². The number of aryl methyl sites for hydroxylation is 1. The second-order valence-corrected chi connectivity index (χ2v) is 7.65. The van der Waals surface area contributed by atoms with Gasteiger partial charge in [-0.3, -0.25) is 20.3 Å². The molecule has 0 saturated heterocycles. The van der Waals surface area contributed by atoms with E-state index < -0.39 is 27.0 Å². The highest BCUT2D eigenvalue weighted by molar-refractivity contribution is 7.89. The number of ether oxygens (including phenoxy) is 2. The summed E-state index contributed by atoms with van der Waals surface area (Å²) < 4.78 is 35.4. The summed E-state index contributed by atoms with van der Waals surface area (Å²) in [6, 6.07) is 10.0. The standard InChI is InChI=1S/C18H21N3O7S/c1-4-27-14-6-8-15(9-7-14)28-13(3)18(22)19-20-29(25,26)16-10-5-12(2)17(11-16)21(23)24/h5-11,13,20H,4H2,1-3H3,(H,19,22). The molecule has 0 spiro atoms. The van der Waals surface area contributed by atoms with Gasteiger partial charge in [-0.05, 0) is 51.1 Å². The topological polar surface area (TPSA) is 137 Å². The number of nitrogens with zero attached hydrogens (tertiary/aromatic N) is 1. The van der Waals surface area contributed by atoms with E-state index in [0.29, 0.717) is 23.7 Å². The molecule has 0 heterocycles. The number of hydrazine groups is 1. The molecule has 29 heavy (non-hydrogen) atoms. The van der Waals surface area contributed by atoms with Crippen molar-refractivity contribution in [1.29, 1.82) is 0 Å². The van der Waals surface area contributed by atoms with Crippen LogP contribution in [0, 0.1) is 17.0 Å². The quantitative estimate of drug-likeness (QED) is 0.465. The maximum atomic E-state index is 12.3. The SMILES string of the molecule is CCOc1ccc(OC(C)C(=O)NNS(=O)(=O)c2ccc(C)c([N+](=O)[O-])c2)cc1. The molecule has 0 aliphatic heterocycles. The fraction of sp³-hybridized carbons (Fsp3) is 0.278. The van der Waals surface area contributed by atoms with E-state index in [9.17, 15) is 23.3 Å². The van der Waals surface area contributed by atoms with Gasteiger partial charge in [0.15, 0.2) is 6.10 Å². The molecule has 1 unspecified atom stereocenters. The first-order valence-corrected chi connectivity index (χ1v) is 10.1. The van der Waals surface area contributed by atoms with Crippen molar-refractivity contribution in [3.63, 3.8) is 0 Å². The Labute approximate surface area is 168 Å². The molecule has 0 aromatic heterocycles. The van der Waals surface area contributed by atoms with Gasteiger partial charge in [0.2, 0.25) is 0 Å². The van der Waals surface area contributed by atoms with Gasteiger partial charge in [0.05, 0.1) is 16.4 Å². The summed E-state index contributed by atoms with van der Waals surface area (Å²) in [5, 5.41) is 11.0. The number of amides is 1. The van der Waals surface area contributed by atoms with Crippen molar-refractivity contribution in [2.75, 3.05) is 6.61 Å². The maximum Gasteiger partial charge on any atom is 0.275 e. The minimum Gasteiger partial charge on any atom is -0.494 e. The van der Waals surface area contributed by atoms with Crippen LogP contribution in [0.3, 0.4) is 0 Å². The predicted octanol–water partition coefficient (Wildman–Crippen LogP) is 2.08. The van der Waals surface area contributed by atoms with E-state index in [1.165, 1.54) is 26.0 Å². The molecule has 11 heteroatoms. The molecule has 2 aromatic rings. The van der Waals surface area contributed by atoms with Crippen molar-refractivity contribution in [3.8, 4) is 11.5 Å². The molecular weight excluding hydrogens is 402 g/mol. The lowest BCUT2D eigenvalue weighted by Crippen LogP contribution is -2.47. The lowest BCUT2D eigenvalue weighted by molar-refractivity contribution is -0.385. The third kappa shape index (κ3) is 5.90. The molecular formula is C18H21N3O7S. The van der Waals surface area contributed by atoms with Crippen molar-refractivity contribution in [1.82, 2.24) is 10.3 Å². The summed E-state index contributed by atoms with van der Waals surface area (Å²) >= 11 is 0. The molecule has 2 aromatic carbocycles. The summed E-state index contributed by atoms with van der Waals surface area (Å²) in [6.07, 6.45) is -1.01. The summed E-state index contributed by atoms with van der Waals surface area (Å²) in [5.41, 5.74) is 2.01. The summed E-state index contributed by atoms with van der Waals surface area (Å²) in [7, 11) is -4.20. The van der Waals surface area contributed by atoms with E-state index in [2.05, 4.69) is 0 Å². The molecule has 0 radical (unpaired) electrons. The smallest absolute Gasteiger partial charge is 0.275 e. The van der Waals surface area contributed by atoms with Crippen LogP contribution in [0.25, 0.3) is 0 Å². The zero-order valence-corrected chi connectivity index (χ0v) is 16.9. The fourth-order valence-corrected chi connectivity index (χ4v) is 3.14. The lowest BCUT2D eigenvalue weighted by Gasteiger charge is -2.15. The first-order valence-electron chi connectivity index (χ1n) is 8.60. The lowest BCUT2D eigenvalue weighted by atomic mass is 10.2. The van der Waals surface area contributed by atoms with Crippen LogP contribution in [0.5, 0.6) is 11.5 Å². The van der Waals surface area contributed by atoms with Gasteiger partial charge in [0.1, 0.15) is 11.5 Å². The average molecular weight is 423 g/mol. The number of rotatable bonds is 9. The molecule has 2 N–H and O–H groups in total. The summed E-state index contributed by atoms with van der Waals surface area (Å²) in [4.78, 5) is 24.0. The molecule has 0 aliphatic carbocycles. The molecule has 10 nitrogen and oxygen atoms in total. The Morgan fingerprint density at radius 2 is 1.79 bits per heavy atom. The van der Waals surface area contributed by atoms with Crippen LogP contribution in [0.1, 0.15) is 19.4 Å². The number of benzene rings is 2. The van der Waals surface area contributed by atoms with Gasteiger partial charge in [-0.25, -0.2) is 8.42 Å². The van der Waals surface area contributed by atoms with E-state index >= 15 is 0 Å². The Hall–Kier alpha value is -3.18. The highest BCUT2D eigenvalue weighted by Gasteiger charge is 2.22. The number of sulfonamides is 1. The van der Waals surface area contributed by atoms with Crippen molar-refractivity contribution >= 4 is 21.6 Å². The molecule has 1 amide bonds. The number of carbonyl (C=O) groups excluding carboxylic acids is 1. The minimum atomic E-state index is -4.20. The molecule has 0 saturated carbocycles. The first kappa shape index (κ1) is 22.1. The van der Waals surface area contributed by atoms with Crippen LogP contribution >= 0.6 is 0 Å². The Kier molecular flexibility index (Phi) is 7.13. The summed E-state index contributed by atoms with van der Waals surface area (Å²) in [6.45, 7) is 5.30. The van der Waals surface area contributed by atoms with Crippen molar-refractivity contribution in [2.45, 2.75) is 31.8 Å². The normalized spacial score (nSPS) is 12.1. The fourth-order valence-electron chi connectivity index (χ4n) is 2.27. The van der Waals surface area contributed by atoms with Crippen LogP contribution in [-0.4, -0.2) is 32.0 Å². The van der Waals surface area contributed by atoms with Gasteiger partial charge in [-0.15, -0.1) is 4.83 Å². The average Bonchev–Trinajstić information content (AvgIpc) is 2.67. The van der Waals surface area contributed by atoms with Crippen molar-refractivity contribution in [2.24, 2.45) is 0 Å². The first-order chi connectivity index (χ1) is 13.6. The van der Waals surface area contributed by atoms with Gasteiger partial charge in [-0.1, -0.05) is 6.07 Å². The summed E-state index contributed by atoms with van der Waals surface area (Å²) in [5.74, 6) is 0.300. The largest absolute Gasteiger partial charge is 0.494 e. The van der Waals surface area contributed by atoms with E-state index in [-0.39, 0.29) is 10.6 Å². The Morgan fingerprint density at radius 1 is 1.17 bits per heavy atom. The van der Waals surface area contributed by atoms with Crippen LogP contribution in [0.4, 0.5) is 5.69 Å². The third-order valence-electron chi connectivity index (χ3n) is 3.81. The molecule has 0 bridgehead atoms. The molecule has 0 aliphatic rings. The van der Waals surface area contributed by atoms with Gasteiger partial charge < -0.3 is 9.47 Å². The maximum absolute atomic E-state index is 12.3. The third-order valence-corrected chi connectivity index (χ3v) is 5.06. The minimum absolute atomic E-state index is 0.315. The highest BCUT2D eigenvalue weighted by atomic mass is 32.2. The second kappa shape index (κ2) is 9.34. The Morgan fingerprint density at radius 3 is 2.38 bits per heavy atom. The number of hydrogen-bond acceptors (Lipinski definition) is 7. The van der Waals surface area contributed by atoms with E-state index in [1.807, 2.05) is 17.2 Å². The van der Waals surface area contributed by atoms with Crippen LogP contribution in [0.15, 0.2) is 47.4 Å². The monoisotopic (exact) mass is 423 g/mol. The zero-order valence-electron chi connectivity index (χ0n) is 16.0. The number of carbonyl (C=O) groups is 1. The van der Waals surface area contributed by atoms with Crippen molar-refractivity contribution in [3.05, 3.63) is 58.1 Å². The van der Waals surface area contributed by atoms with Crippen LogP contribution in [-0.2, 0) is 14.8 Å². The zero-order chi connectivity index (χ0) is 21.6. The second-order valence-electron chi connectivity index (χ2n) is 5.96. The Balaban J connectivity index is 1.99. The molecule has 0 fully saturated rings. The number of nitrogens with one attached hydrogen (secondary N) is 2. The molecule has 2 rings (SSSR count).